The predicted octanol–water partition coefficient (Wildman–Crippen LogP) is 2.49. The van der Waals surface area contributed by atoms with Crippen molar-refractivity contribution in [2.45, 2.75) is 58.9 Å². The van der Waals surface area contributed by atoms with Crippen molar-refractivity contribution in [2.75, 3.05) is 0 Å². The molecule has 1 heterocycles. The monoisotopic (exact) mass is 222 g/mol. The summed E-state index contributed by atoms with van der Waals surface area (Å²) in [7, 11) is 0. The average Bonchev–Trinajstić information content (AvgIpc) is 2.43. The Hall–Kier alpha value is -0.990. The fraction of sp³-hybridized carbons (Fsp3) is 0.769. The summed E-state index contributed by atoms with van der Waals surface area (Å²) in [6.07, 6.45) is 6.98. The highest BCUT2D eigenvalue weighted by Gasteiger charge is 2.15. The summed E-state index contributed by atoms with van der Waals surface area (Å²) in [5.41, 5.74) is 2.48. The molecule has 0 saturated carbocycles. The van der Waals surface area contributed by atoms with Crippen LogP contribution in [-0.2, 0) is 19.4 Å². The molecule has 90 valence electrons. The van der Waals surface area contributed by atoms with Gasteiger partial charge in [-0.15, -0.1) is 0 Å². The van der Waals surface area contributed by atoms with Gasteiger partial charge in [0, 0.05) is 17.8 Å². The number of nitrogens with one attached hydrogen (secondary N) is 1. The molecule has 16 heavy (non-hydrogen) atoms. The lowest BCUT2D eigenvalue weighted by Crippen LogP contribution is -2.21. The first-order valence-corrected chi connectivity index (χ1v) is 6.49. The van der Waals surface area contributed by atoms with Gasteiger partial charge < -0.3 is 0 Å². The van der Waals surface area contributed by atoms with Crippen LogP contribution in [0.2, 0.25) is 0 Å². The van der Waals surface area contributed by atoms with Crippen molar-refractivity contribution in [3.8, 4) is 0 Å². The topological polar surface area (TPSA) is 37.8 Å². The molecule has 0 spiro atoms. The molecule has 2 rings (SSSR count). The summed E-state index contributed by atoms with van der Waals surface area (Å²) in [5, 5.41) is 3.31. The minimum Gasteiger partial charge on any atom is -0.299 e. The number of aromatic nitrogens is 2. The van der Waals surface area contributed by atoms with E-state index in [-0.39, 0.29) is 5.56 Å². The highest BCUT2D eigenvalue weighted by Crippen LogP contribution is 2.16. The van der Waals surface area contributed by atoms with E-state index < -0.39 is 0 Å². The number of hydrogen-bond acceptors (Lipinski definition) is 1. The number of rotatable bonds is 2. The van der Waals surface area contributed by atoms with Crippen LogP contribution in [0.5, 0.6) is 0 Å². The second-order valence-corrected chi connectivity index (χ2v) is 5.29. The lowest BCUT2D eigenvalue weighted by atomic mass is 9.99. The lowest BCUT2D eigenvalue weighted by molar-refractivity contribution is 0.469. The second kappa shape index (κ2) is 4.89. The van der Waals surface area contributed by atoms with Crippen molar-refractivity contribution in [2.24, 2.45) is 5.92 Å². The highest BCUT2D eigenvalue weighted by molar-refractivity contribution is 5.18. The molecule has 0 aromatic carbocycles. The van der Waals surface area contributed by atoms with Crippen LogP contribution >= 0.6 is 0 Å². The van der Waals surface area contributed by atoms with Gasteiger partial charge in [0.25, 0.3) is 5.56 Å². The molecule has 0 amide bonds. The van der Waals surface area contributed by atoms with Crippen LogP contribution < -0.4 is 5.56 Å². The van der Waals surface area contributed by atoms with Gasteiger partial charge in [0.05, 0.1) is 0 Å². The van der Waals surface area contributed by atoms with E-state index in [1.54, 1.807) is 4.68 Å². The summed E-state index contributed by atoms with van der Waals surface area (Å²) in [6, 6.07) is 0. The Morgan fingerprint density at radius 1 is 1.19 bits per heavy atom. The van der Waals surface area contributed by atoms with Crippen LogP contribution in [0.25, 0.3) is 0 Å². The summed E-state index contributed by atoms with van der Waals surface area (Å²) in [5.74, 6) is 0.516. The minimum atomic E-state index is 0.227. The van der Waals surface area contributed by atoms with Crippen LogP contribution in [0.3, 0.4) is 0 Å². The Bertz CT molecular complexity index is 401. The Morgan fingerprint density at radius 3 is 2.56 bits per heavy atom. The summed E-state index contributed by atoms with van der Waals surface area (Å²) < 4.78 is 1.81. The second-order valence-electron chi connectivity index (χ2n) is 5.29. The van der Waals surface area contributed by atoms with Crippen molar-refractivity contribution in [3.05, 3.63) is 21.6 Å². The van der Waals surface area contributed by atoms with Gasteiger partial charge in [0.1, 0.15) is 0 Å². The molecule has 1 aliphatic carbocycles. The van der Waals surface area contributed by atoms with Gasteiger partial charge in [-0.3, -0.25) is 14.6 Å². The first-order valence-electron chi connectivity index (χ1n) is 6.49. The third-order valence-corrected chi connectivity index (χ3v) is 3.29. The molecule has 0 atom stereocenters. The van der Waals surface area contributed by atoms with E-state index >= 15 is 0 Å². The average molecular weight is 222 g/mol. The Kier molecular flexibility index (Phi) is 3.52. The normalized spacial score (nSPS) is 16.9. The first kappa shape index (κ1) is 11.5. The van der Waals surface area contributed by atoms with Crippen molar-refractivity contribution in [1.29, 1.82) is 0 Å². The predicted molar refractivity (Wildman–Crippen MR) is 65.8 cm³/mol. The maximum Gasteiger partial charge on any atom is 0.269 e. The lowest BCUT2D eigenvalue weighted by Gasteiger charge is -2.07. The van der Waals surface area contributed by atoms with Gasteiger partial charge in [0.2, 0.25) is 0 Å². The number of aryl methyl sites for hydroxylation is 1. The van der Waals surface area contributed by atoms with E-state index in [4.69, 9.17) is 0 Å². The van der Waals surface area contributed by atoms with E-state index in [0.29, 0.717) is 5.92 Å². The molecule has 1 aromatic heterocycles. The molecule has 3 nitrogen and oxygen atoms in total. The molecule has 0 saturated heterocycles. The van der Waals surface area contributed by atoms with Crippen molar-refractivity contribution >= 4 is 0 Å². The molecule has 0 fully saturated rings. The van der Waals surface area contributed by atoms with Crippen LogP contribution in [0.15, 0.2) is 4.79 Å². The number of hydrogen-bond donors (Lipinski definition) is 1. The number of H-pyrrole nitrogens is 1. The molecular formula is C13H22N2O. The molecule has 0 unspecified atom stereocenters. The Labute approximate surface area is 96.8 Å². The summed E-state index contributed by atoms with van der Waals surface area (Å²) in [6.45, 7) is 5.10. The van der Waals surface area contributed by atoms with E-state index in [0.717, 1.165) is 24.9 Å². The van der Waals surface area contributed by atoms with Crippen molar-refractivity contribution in [1.82, 2.24) is 9.78 Å². The van der Waals surface area contributed by atoms with Gasteiger partial charge >= 0.3 is 0 Å². The molecule has 0 bridgehead atoms. The molecule has 3 heteroatoms. The summed E-state index contributed by atoms with van der Waals surface area (Å²) >= 11 is 0. The number of fused-ring (bicyclic) bond motifs is 1. The number of nitrogens with zero attached hydrogens (tertiary/aromatic N) is 1. The minimum absolute atomic E-state index is 0.227. The molecule has 1 N–H and O–H groups in total. The number of aromatic amines is 1. The van der Waals surface area contributed by atoms with Gasteiger partial charge in [-0.25, -0.2) is 0 Å². The van der Waals surface area contributed by atoms with E-state index in [1.165, 1.54) is 31.4 Å². The zero-order valence-corrected chi connectivity index (χ0v) is 10.4. The zero-order chi connectivity index (χ0) is 11.5. The van der Waals surface area contributed by atoms with Crippen LogP contribution in [0, 0.1) is 5.92 Å². The van der Waals surface area contributed by atoms with Gasteiger partial charge in [-0.1, -0.05) is 26.7 Å². The van der Waals surface area contributed by atoms with Crippen LogP contribution in [0.4, 0.5) is 0 Å². The van der Waals surface area contributed by atoms with Crippen LogP contribution in [0.1, 0.15) is 50.8 Å². The van der Waals surface area contributed by atoms with Gasteiger partial charge in [-0.05, 0) is 31.6 Å². The third-order valence-electron chi connectivity index (χ3n) is 3.29. The summed E-state index contributed by atoms with van der Waals surface area (Å²) in [4.78, 5) is 12.1. The Balaban J connectivity index is 2.29. The van der Waals surface area contributed by atoms with Crippen LogP contribution in [-0.4, -0.2) is 9.78 Å². The quantitative estimate of drug-likeness (QED) is 0.820. The van der Waals surface area contributed by atoms with Gasteiger partial charge in [-0.2, -0.15) is 0 Å². The fourth-order valence-corrected chi connectivity index (χ4v) is 2.49. The fourth-order valence-electron chi connectivity index (χ4n) is 2.49. The van der Waals surface area contributed by atoms with E-state index in [9.17, 15) is 4.79 Å². The smallest absolute Gasteiger partial charge is 0.269 e. The largest absolute Gasteiger partial charge is 0.299 e. The van der Waals surface area contributed by atoms with Crippen molar-refractivity contribution in [3.63, 3.8) is 0 Å². The first-order chi connectivity index (χ1) is 7.68. The molecule has 1 aromatic rings. The standard InChI is InChI=1S/C13H22N2O/c1-10(2)9-15-13(16)11-7-5-3-4-6-8-12(11)14-15/h10,14H,3-9H2,1-2H3. The van der Waals surface area contributed by atoms with Crippen molar-refractivity contribution < 1.29 is 0 Å². The Morgan fingerprint density at radius 2 is 1.88 bits per heavy atom. The highest BCUT2D eigenvalue weighted by atomic mass is 16.1. The molecule has 0 radical (unpaired) electrons. The molecular weight excluding hydrogens is 200 g/mol. The SMILES string of the molecule is CC(C)Cn1[nH]c2c(c1=O)CCCCCC2. The molecule has 1 aliphatic rings. The van der Waals surface area contributed by atoms with E-state index in [1.807, 2.05) is 0 Å². The maximum absolute atomic E-state index is 12.1. The zero-order valence-electron chi connectivity index (χ0n) is 10.4. The van der Waals surface area contributed by atoms with E-state index in [2.05, 4.69) is 18.9 Å². The maximum atomic E-state index is 12.1. The van der Waals surface area contributed by atoms with Gasteiger partial charge in [0.15, 0.2) is 0 Å². The third kappa shape index (κ3) is 2.39. The molecule has 0 aliphatic heterocycles.